The first kappa shape index (κ1) is 14.7. The van der Waals surface area contributed by atoms with Crippen molar-refractivity contribution in [2.45, 2.75) is 46.1 Å². The molecule has 0 radical (unpaired) electrons. The summed E-state index contributed by atoms with van der Waals surface area (Å²) in [4.78, 5) is 25.3. The van der Waals surface area contributed by atoms with E-state index in [1.165, 1.54) is 0 Å². The summed E-state index contributed by atoms with van der Waals surface area (Å²) in [6.45, 7) is 12.2. The molecular weight excluding hydrogens is 230 g/mol. The molecule has 1 aliphatic rings. The average molecular weight is 253 g/mol. The molecule has 4 heteroatoms. The quantitative estimate of drug-likeness (QED) is 0.727. The first-order valence-electron chi connectivity index (χ1n) is 6.34. The van der Waals surface area contributed by atoms with Crippen LogP contribution in [0.4, 0.5) is 4.79 Å². The Morgan fingerprint density at radius 2 is 2.00 bits per heavy atom. The van der Waals surface area contributed by atoms with Gasteiger partial charge in [0, 0.05) is 25.4 Å². The number of ether oxygens (including phenoxy) is 1. The van der Waals surface area contributed by atoms with Gasteiger partial charge >= 0.3 is 6.09 Å². The van der Waals surface area contributed by atoms with Crippen LogP contribution in [0.1, 0.15) is 40.5 Å². The molecule has 1 atom stereocenters. The highest BCUT2D eigenvalue weighted by Crippen LogP contribution is 2.22. The second-order valence-electron chi connectivity index (χ2n) is 6.01. The van der Waals surface area contributed by atoms with Gasteiger partial charge in [0.05, 0.1) is 0 Å². The Morgan fingerprint density at radius 3 is 2.50 bits per heavy atom. The van der Waals surface area contributed by atoms with Crippen LogP contribution in [0.3, 0.4) is 0 Å². The number of hydrogen-bond acceptors (Lipinski definition) is 3. The van der Waals surface area contributed by atoms with E-state index in [0.29, 0.717) is 19.5 Å². The lowest BCUT2D eigenvalue weighted by Crippen LogP contribution is -2.35. The van der Waals surface area contributed by atoms with E-state index in [-0.39, 0.29) is 17.8 Å². The van der Waals surface area contributed by atoms with Crippen molar-refractivity contribution in [3.8, 4) is 0 Å². The van der Waals surface area contributed by atoms with E-state index in [1.54, 1.807) is 4.90 Å². The van der Waals surface area contributed by atoms with Crippen LogP contribution in [0, 0.1) is 5.92 Å². The Bertz CT molecular complexity index is 355. The highest BCUT2D eigenvalue weighted by molar-refractivity contribution is 5.84. The fourth-order valence-corrected chi connectivity index (χ4v) is 1.96. The number of nitrogens with zero attached hydrogens (tertiary/aromatic N) is 1. The van der Waals surface area contributed by atoms with Crippen molar-refractivity contribution >= 4 is 11.9 Å². The van der Waals surface area contributed by atoms with E-state index >= 15 is 0 Å². The number of Topliss-reactive ketones (excluding diaryl/α,β-unsaturated/α-hetero) is 1. The van der Waals surface area contributed by atoms with Crippen molar-refractivity contribution in [2.24, 2.45) is 5.92 Å². The van der Waals surface area contributed by atoms with Crippen LogP contribution in [0.25, 0.3) is 0 Å². The van der Waals surface area contributed by atoms with Crippen LogP contribution in [0.15, 0.2) is 12.2 Å². The summed E-state index contributed by atoms with van der Waals surface area (Å²) in [5.41, 5.74) is 0.382. The number of likely N-dealkylation sites (tertiary alicyclic amines) is 1. The van der Waals surface area contributed by atoms with Crippen LogP contribution in [-0.2, 0) is 9.53 Å². The second-order valence-corrected chi connectivity index (χ2v) is 6.01. The Morgan fingerprint density at radius 1 is 1.39 bits per heavy atom. The zero-order chi connectivity index (χ0) is 13.9. The zero-order valence-electron chi connectivity index (χ0n) is 11.8. The lowest BCUT2D eigenvalue weighted by atomic mass is 9.98. The van der Waals surface area contributed by atoms with Crippen LogP contribution in [0.5, 0.6) is 0 Å². The van der Waals surface area contributed by atoms with Gasteiger partial charge in [-0.15, -0.1) is 0 Å². The van der Waals surface area contributed by atoms with E-state index in [4.69, 9.17) is 4.74 Å². The van der Waals surface area contributed by atoms with Crippen molar-refractivity contribution in [3.63, 3.8) is 0 Å². The Labute approximate surface area is 109 Å². The van der Waals surface area contributed by atoms with Gasteiger partial charge in [-0.1, -0.05) is 12.2 Å². The standard InChI is InChI=1S/C14H23NO3/c1-10(2)8-12(16)11-6-7-15(9-11)13(17)18-14(3,4)5/h11H,1,6-9H2,2-5H3/t11-/m0/s1. The molecule has 0 saturated carbocycles. The third-order valence-electron chi connectivity index (χ3n) is 2.77. The summed E-state index contributed by atoms with van der Waals surface area (Å²) < 4.78 is 5.29. The van der Waals surface area contributed by atoms with Gasteiger partial charge in [0.1, 0.15) is 11.4 Å². The van der Waals surface area contributed by atoms with Crippen molar-refractivity contribution in [1.82, 2.24) is 4.90 Å². The molecule has 102 valence electrons. The molecule has 0 aromatic rings. The third-order valence-corrected chi connectivity index (χ3v) is 2.77. The van der Waals surface area contributed by atoms with Gasteiger partial charge in [-0.25, -0.2) is 4.79 Å². The molecule has 1 heterocycles. The minimum absolute atomic E-state index is 0.0609. The molecule has 4 nitrogen and oxygen atoms in total. The normalized spacial score (nSPS) is 19.8. The number of rotatable bonds is 3. The minimum Gasteiger partial charge on any atom is -0.444 e. The summed E-state index contributed by atoms with van der Waals surface area (Å²) >= 11 is 0. The first-order valence-corrected chi connectivity index (χ1v) is 6.34. The van der Waals surface area contributed by atoms with Crippen LogP contribution < -0.4 is 0 Å². The van der Waals surface area contributed by atoms with Gasteiger partial charge in [-0.3, -0.25) is 4.79 Å². The summed E-state index contributed by atoms with van der Waals surface area (Å²) in [7, 11) is 0. The monoisotopic (exact) mass is 253 g/mol. The molecule has 0 bridgehead atoms. The number of ketones is 1. The molecule has 0 aromatic heterocycles. The second kappa shape index (κ2) is 5.55. The summed E-state index contributed by atoms with van der Waals surface area (Å²) in [6.07, 6.45) is 0.811. The van der Waals surface area contributed by atoms with Gasteiger partial charge in [0.15, 0.2) is 0 Å². The topological polar surface area (TPSA) is 46.6 Å². The lowest BCUT2D eigenvalue weighted by molar-refractivity contribution is -0.121. The molecule has 0 unspecified atom stereocenters. The molecule has 1 saturated heterocycles. The van der Waals surface area contributed by atoms with Crippen LogP contribution in [-0.4, -0.2) is 35.5 Å². The molecule has 0 N–H and O–H groups in total. The van der Waals surface area contributed by atoms with Crippen LogP contribution >= 0.6 is 0 Å². The largest absolute Gasteiger partial charge is 0.444 e. The molecule has 1 rings (SSSR count). The van der Waals surface area contributed by atoms with Gasteiger partial charge < -0.3 is 9.64 Å². The van der Waals surface area contributed by atoms with Crippen molar-refractivity contribution in [2.75, 3.05) is 13.1 Å². The Balaban J connectivity index is 2.48. The molecule has 0 aromatic carbocycles. The van der Waals surface area contributed by atoms with E-state index in [1.807, 2.05) is 27.7 Å². The minimum atomic E-state index is -0.489. The van der Waals surface area contributed by atoms with Gasteiger partial charge in [-0.2, -0.15) is 0 Å². The zero-order valence-corrected chi connectivity index (χ0v) is 11.8. The predicted octanol–water partition coefficient (Wildman–Crippen LogP) is 2.78. The molecule has 1 amide bonds. The highest BCUT2D eigenvalue weighted by atomic mass is 16.6. The van der Waals surface area contributed by atoms with Gasteiger partial charge in [0.2, 0.25) is 0 Å². The molecule has 0 aliphatic carbocycles. The number of carbonyl (C=O) groups excluding carboxylic acids is 2. The van der Waals surface area contributed by atoms with Crippen molar-refractivity contribution in [1.29, 1.82) is 0 Å². The first-order chi connectivity index (χ1) is 8.19. The predicted molar refractivity (Wildman–Crippen MR) is 70.4 cm³/mol. The van der Waals surface area contributed by atoms with E-state index in [2.05, 4.69) is 6.58 Å². The molecule has 0 spiro atoms. The van der Waals surface area contributed by atoms with Crippen LogP contribution in [0.2, 0.25) is 0 Å². The Hall–Kier alpha value is -1.32. The average Bonchev–Trinajstić information content (AvgIpc) is 2.61. The smallest absolute Gasteiger partial charge is 0.410 e. The number of hydrogen-bond donors (Lipinski definition) is 0. The summed E-state index contributed by atoms with van der Waals surface area (Å²) in [6, 6.07) is 0. The molecule has 1 fully saturated rings. The highest BCUT2D eigenvalue weighted by Gasteiger charge is 2.32. The SMILES string of the molecule is C=C(C)CC(=O)[C@H]1CCN(C(=O)OC(C)(C)C)C1. The maximum Gasteiger partial charge on any atom is 0.410 e. The lowest BCUT2D eigenvalue weighted by Gasteiger charge is -2.24. The number of allylic oxidation sites excluding steroid dienone is 1. The van der Waals surface area contributed by atoms with Crippen molar-refractivity contribution in [3.05, 3.63) is 12.2 Å². The molecule has 1 aliphatic heterocycles. The fraction of sp³-hybridized carbons (Fsp3) is 0.714. The van der Waals surface area contributed by atoms with Gasteiger partial charge in [-0.05, 0) is 34.1 Å². The maximum absolute atomic E-state index is 11.9. The van der Waals surface area contributed by atoms with Crippen molar-refractivity contribution < 1.29 is 14.3 Å². The Kier molecular flexibility index (Phi) is 4.54. The van der Waals surface area contributed by atoms with E-state index < -0.39 is 5.60 Å². The molecular formula is C14H23NO3. The van der Waals surface area contributed by atoms with E-state index in [0.717, 1.165) is 12.0 Å². The molecule has 18 heavy (non-hydrogen) atoms. The number of carbonyl (C=O) groups is 2. The summed E-state index contributed by atoms with van der Waals surface area (Å²) in [5, 5.41) is 0. The van der Waals surface area contributed by atoms with Gasteiger partial charge in [0.25, 0.3) is 0 Å². The fourth-order valence-electron chi connectivity index (χ4n) is 1.96. The van der Waals surface area contributed by atoms with E-state index in [9.17, 15) is 9.59 Å². The maximum atomic E-state index is 11.9. The summed E-state index contributed by atoms with van der Waals surface area (Å²) in [5.74, 6) is 0.114. The number of amides is 1. The third kappa shape index (κ3) is 4.51.